The first-order valence-corrected chi connectivity index (χ1v) is 10.7. The van der Waals surface area contributed by atoms with E-state index in [-0.39, 0.29) is 5.91 Å². The van der Waals surface area contributed by atoms with Crippen molar-refractivity contribution in [1.82, 2.24) is 14.9 Å². The molecule has 2 aromatic carbocycles. The zero-order valence-electron chi connectivity index (χ0n) is 18.1. The molecule has 1 heterocycles. The van der Waals surface area contributed by atoms with Gasteiger partial charge >= 0.3 is 0 Å². The molecule has 1 aromatic heterocycles. The van der Waals surface area contributed by atoms with E-state index >= 15 is 0 Å². The lowest BCUT2D eigenvalue weighted by Crippen LogP contribution is -2.23. The molecule has 3 aromatic rings. The van der Waals surface area contributed by atoms with Gasteiger partial charge in [0.25, 0.3) is 0 Å². The first-order chi connectivity index (χ1) is 14.6. The van der Waals surface area contributed by atoms with E-state index in [9.17, 15) is 4.79 Å². The fourth-order valence-electron chi connectivity index (χ4n) is 3.57. The first-order valence-electron chi connectivity index (χ1n) is 10.7. The molecule has 0 fully saturated rings. The van der Waals surface area contributed by atoms with Crippen LogP contribution in [0.4, 0.5) is 0 Å². The highest BCUT2D eigenvalue weighted by molar-refractivity contribution is 5.87. The molecule has 0 saturated carbocycles. The fourth-order valence-corrected chi connectivity index (χ4v) is 3.57. The van der Waals surface area contributed by atoms with Gasteiger partial charge in [-0.15, -0.1) is 0 Å². The number of rotatable bonds is 10. The van der Waals surface area contributed by atoms with Gasteiger partial charge < -0.3 is 14.6 Å². The van der Waals surface area contributed by atoms with Gasteiger partial charge in [0.2, 0.25) is 5.91 Å². The number of para-hydroxylation sites is 3. The lowest BCUT2D eigenvalue weighted by molar-refractivity contribution is -0.116. The number of benzene rings is 2. The van der Waals surface area contributed by atoms with Gasteiger partial charge in [-0.1, -0.05) is 50.3 Å². The normalized spacial score (nSPS) is 11.5. The Balaban J connectivity index is 1.67. The molecule has 1 N–H and O–H groups in total. The summed E-state index contributed by atoms with van der Waals surface area (Å²) < 4.78 is 8.38. The van der Waals surface area contributed by atoms with Crippen molar-refractivity contribution in [3.8, 4) is 5.75 Å². The minimum absolute atomic E-state index is 0.0526. The third-order valence-electron chi connectivity index (χ3n) is 5.04. The van der Waals surface area contributed by atoms with Crippen molar-refractivity contribution in [2.75, 3.05) is 13.2 Å². The summed E-state index contributed by atoms with van der Waals surface area (Å²) in [5, 5.41) is 2.90. The summed E-state index contributed by atoms with van der Waals surface area (Å²) in [6, 6.07) is 16.4. The summed E-state index contributed by atoms with van der Waals surface area (Å²) in [6.07, 6.45) is 4.92. The molecule has 5 nitrogen and oxygen atoms in total. The van der Waals surface area contributed by atoms with Gasteiger partial charge in [0, 0.05) is 13.0 Å². The van der Waals surface area contributed by atoms with E-state index in [4.69, 9.17) is 9.72 Å². The van der Waals surface area contributed by atoms with Gasteiger partial charge in [-0.25, -0.2) is 4.98 Å². The van der Waals surface area contributed by atoms with Crippen LogP contribution in [0.3, 0.4) is 0 Å². The average Bonchev–Trinajstić information content (AvgIpc) is 3.09. The maximum absolute atomic E-state index is 11.6. The second-order valence-corrected chi connectivity index (χ2v) is 7.60. The third kappa shape index (κ3) is 5.50. The van der Waals surface area contributed by atoms with Crippen LogP contribution in [0, 0.1) is 0 Å². The number of imidazole rings is 1. The second kappa shape index (κ2) is 10.6. The summed E-state index contributed by atoms with van der Waals surface area (Å²) in [5.74, 6) is 2.34. The van der Waals surface area contributed by atoms with Crippen molar-refractivity contribution in [1.29, 1.82) is 0 Å². The Morgan fingerprint density at radius 1 is 1.17 bits per heavy atom. The first kappa shape index (κ1) is 21.6. The van der Waals surface area contributed by atoms with Gasteiger partial charge in [-0.05, 0) is 49.1 Å². The maximum atomic E-state index is 11.6. The van der Waals surface area contributed by atoms with Gasteiger partial charge in [-0.2, -0.15) is 0 Å². The molecule has 5 heteroatoms. The number of aryl methyl sites for hydroxylation is 1. The van der Waals surface area contributed by atoms with Gasteiger partial charge in [0.15, 0.2) is 0 Å². The van der Waals surface area contributed by atoms with Crippen molar-refractivity contribution < 1.29 is 9.53 Å². The number of carbonyl (C=O) groups excluding carboxylic acids is 1. The maximum Gasteiger partial charge on any atom is 0.243 e. The summed E-state index contributed by atoms with van der Waals surface area (Å²) in [6.45, 7) is 8.13. The quantitative estimate of drug-likeness (QED) is 0.387. The highest BCUT2D eigenvalue weighted by Gasteiger charge is 2.12. The number of ether oxygens (including phenoxy) is 1. The van der Waals surface area contributed by atoms with E-state index in [1.54, 1.807) is 12.2 Å². The van der Waals surface area contributed by atoms with Crippen LogP contribution in [0.15, 0.2) is 60.7 Å². The smallest absolute Gasteiger partial charge is 0.243 e. The number of aromatic nitrogens is 2. The summed E-state index contributed by atoms with van der Waals surface area (Å²) >= 11 is 0. The van der Waals surface area contributed by atoms with Crippen molar-refractivity contribution >= 4 is 16.9 Å². The van der Waals surface area contributed by atoms with E-state index in [2.05, 4.69) is 41.9 Å². The lowest BCUT2D eigenvalue weighted by atomic mass is 10.0. The standard InChI is InChI=1S/C25H31N3O2/c1-4-10-25(29)26-16-9-15-24-27-21-12-6-7-13-22(21)28(24)17-18-30-23-14-8-5-11-20(23)19(2)3/h4-8,10-14,19H,9,15-18H2,1-3H3,(H,26,29)/b10-4-. The number of carbonyl (C=O) groups is 1. The molecule has 1 amide bonds. The molecule has 0 radical (unpaired) electrons. The minimum atomic E-state index is -0.0526. The number of amides is 1. The SMILES string of the molecule is C/C=C\C(=O)NCCCc1nc2ccccc2n1CCOc1ccccc1C(C)C. The highest BCUT2D eigenvalue weighted by Crippen LogP contribution is 2.26. The molecule has 3 rings (SSSR count). The molecular formula is C25H31N3O2. The Morgan fingerprint density at radius 3 is 2.73 bits per heavy atom. The van der Waals surface area contributed by atoms with E-state index in [1.165, 1.54) is 5.56 Å². The van der Waals surface area contributed by atoms with Crippen LogP contribution in [0.2, 0.25) is 0 Å². The Labute approximate surface area is 178 Å². The number of allylic oxidation sites excluding steroid dienone is 1. The number of nitrogens with zero attached hydrogens (tertiary/aromatic N) is 2. The zero-order valence-corrected chi connectivity index (χ0v) is 18.1. The Hall–Kier alpha value is -3.08. The molecule has 0 bridgehead atoms. The number of hydrogen-bond donors (Lipinski definition) is 1. The Kier molecular flexibility index (Phi) is 7.66. The van der Waals surface area contributed by atoms with Crippen LogP contribution in [-0.4, -0.2) is 28.6 Å². The molecule has 0 unspecified atom stereocenters. The van der Waals surface area contributed by atoms with E-state index in [0.29, 0.717) is 19.1 Å². The van der Waals surface area contributed by atoms with E-state index in [0.717, 1.165) is 42.0 Å². The van der Waals surface area contributed by atoms with Crippen molar-refractivity contribution in [2.24, 2.45) is 0 Å². The number of fused-ring (bicyclic) bond motifs is 1. The molecule has 0 saturated heterocycles. The predicted molar refractivity (Wildman–Crippen MR) is 122 cm³/mol. The fraction of sp³-hybridized carbons (Fsp3) is 0.360. The molecule has 0 aliphatic heterocycles. The van der Waals surface area contributed by atoms with Crippen molar-refractivity contribution in [3.63, 3.8) is 0 Å². The van der Waals surface area contributed by atoms with Crippen LogP contribution in [0.1, 0.15) is 44.5 Å². The molecule has 158 valence electrons. The van der Waals surface area contributed by atoms with Crippen LogP contribution in [0.25, 0.3) is 11.0 Å². The van der Waals surface area contributed by atoms with Gasteiger partial charge in [0.1, 0.15) is 18.2 Å². The molecule has 0 aliphatic carbocycles. The lowest BCUT2D eigenvalue weighted by Gasteiger charge is -2.15. The van der Waals surface area contributed by atoms with Gasteiger partial charge in [-0.3, -0.25) is 4.79 Å². The van der Waals surface area contributed by atoms with Crippen LogP contribution in [-0.2, 0) is 17.8 Å². The molecule has 0 atom stereocenters. The minimum Gasteiger partial charge on any atom is -0.491 e. The van der Waals surface area contributed by atoms with Crippen LogP contribution >= 0.6 is 0 Å². The molecule has 0 spiro atoms. The Morgan fingerprint density at radius 2 is 1.93 bits per heavy atom. The molecule has 0 aliphatic rings. The largest absolute Gasteiger partial charge is 0.491 e. The average molecular weight is 406 g/mol. The van der Waals surface area contributed by atoms with Crippen molar-refractivity contribution in [3.05, 3.63) is 72.1 Å². The summed E-state index contributed by atoms with van der Waals surface area (Å²) in [4.78, 5) is 16.4. The van der Waals surface area contributed by atoms with Crippen molar-refractivity contribution in [2.45, 2.75) is 46.1 Å². The van der Waals surface area contributed by atoms with E-state index < -0.39 is 0 Å². The van der Waals surface area contributed by atoms with Crippen LogP contribution < -0.4 is 10.1 Å². The van der Waals surface area contributed by atoms with Crippen LogP contribution in [0.5, 0.6) is 5.75 Å². The molecular weight excluding hydrogens is 374 g/mol. The summed E-state index contributed by atoms with van der Waals surface area (Å²) in [7, 11) is 0. The topological polar surface area (TPSA) is 56.2 Å². The summed E-state index contributed by atoms with van der Waals surface area (Å²) in [5.41, 5.74) is 3.34. The molecule has 30 heavy (non-hydrogen) atoms. The zero-order chi connectivity index (χ0) is 21.3. The number of nitrogens with one attached hydrogen (secondary N) is 1. The predicted octanol–water partition coefficient (Wildman–Crippen LogP) is 4.86. The van der Waals surface area contributed by atoms with E-state index in [1.807, 2.05) is 37.3 Å². The highest BCUT2D eigenvalue weighted by atomic mass is 16.5. The Bertz CT molecular complexity index is 1000. The van der Waals surface area contributed by atoms with Gasteiger partial charge in [0.05, 0.1) is 17.6 Å². The number of hydrogen-bond acceptors (Lipinski definition) is 3. The third-order valence-corrected chi connectivity index (χ3v) is 5.04. The second-order valence-electron chi connectivity index (χ2n) is 7.60. The monoisotopic (exact) mass is 405 g/mol.